The number of Topliss-reactive ketones (excluding diaryl/α,β-unsaturated/α-hetero) is 1. The third kappa shape index (κ3) is 5.30. The van der Waals surface area contributed by atoms with Crippen LogP contribution in [-0.2, 0) is 16.1 Å². The number of aromatic nitrogens is 1. The van der Waals surface area contributed by atoms with Gasteiger partial charge in [0.2, 0.25) is 0 Å². The van der Waals surface area contributed by atoms with E-state index >= 15 is 0 Å². The molecule has 0 saturated carbocycles. The molecule has 2 aromatic carbocycles. The number of amides is 1. The van der Waals surface area contributed by atoms with Gasteiger partial charge < -0.3 is 19.5 Å². The Morgan fingerprint density at radius 2 is 1.81 bits per heavy atom. The Morgan fingerprint density at radius 3 is 2.50 bits per heavy atom. The SMILES string of the molecule is C=CCOc1ccc(C2/C(=C(\O)c3cccc(OCCC)c3)C(=O)C(=O)N2Cc2ccncc2)cc1. The summed E-state index contributed by atoms with van der Waals surface area (Å²) >= 11 is 0. The number of hydrogen-bond donors (Lipinski definition) is 1. The Kier molecular flexibility index (Phi) is 7.80. The minimum Gasteiger partial charge on any atom is -0.507 e. The van der Waals surface area contributed by atoms with E-state index in [0.717, 1.165) is 12.0 Å². The number of carbonyl (C=O) groups excluding carboxylic acids is 2. The number of carbonyl (C=O) groups is 2. The van der Waals surface area contributed by atoms with Crippen LogP contribution in [0.15, 0.2) is 91.3 Å². The van der Waals surface area contributed by atoms with E-state index in [1.165, 1.54) is 4.90 Å². The summed E-state index contributed by atoms with van der Waals surface area (Å²) in [6.07, 6.45) is 5.75. The molecule has 3 aromatic rings. The Balaban J connectivity index is 1.79. The molecule has 1 aromatic heterocycles. The third-order valence-electron chi connectivity index (χ3n) is 5.79. The van der Waals surface area contributed by atoms with Gasteiger partial charge in [-0.05, 0) is 53.9 Å². The molecule has 2 heterocycles. The van der Waals surface area contributed by atoms with Gasteiger partial charge in [-0.15, -0.1) is 0 Å². The van der Waals surface area contributed by atoms with E-state index in [2.05, 4.69) is 11.6 Å². The van der Waals surface area contributed by atoms with Gasteiger partial charge in [-0.2, -0.15) is 0 Å². The van der Waals surface area contributed by atoms with E-state index in [-0.39, 0.29) is 17.9 Å². The third-order valence-corrected chi connectivity index (χ3v) is 5.79. The second kappa shape index (κ2) is 11.4. The van der Waals surface area contributed by atoms with Gasteiger partial charge in [-0.1, -0.05) is 43.8 Å². The van der Waals surface area contributed by atoms with Crippen molar-refractivity contribution in [3.8, 4) is 11.5 Å². The molecular weight excluding hydrogens is 456 g/mol. The fourth-order valence-electron chi connectivity index (χ4n) is 4.08. The van der Waals surface area contributed by atoms with Crippen LogP contribution in [0.1, 0.15) is 36.1 Å². The normalized spacial score (nSPS) is 16.7. The average Bonchev–Trinajstić information content (AvgIpc) is 3.16. The van der Waals surface area contributed by atoms with Crippen LogP contribution in [0.5, 0.6) is 11.5 Å². The van der Waals surface area contributed by atoms with E-state index in [4.69, 9.17) is 9.47 Å². The molecule has 1 aliphatic rings. The highest BCUT2D eigenvalue weighted by Gasteiger charge is 2.46. The van der Waals surface area contributed by atoms with E-state index in [9.17, 15) is 14.7 Å². The minimum atomic E-state index is -0.785. The number of hydrogen-bond acceptors (Lipinski definition) is 6. The number of likely N-dealkylation sites (tertiary alicyclic amines) is 1. The summed E-state index contributed by atoms with van der Waals surface area (Å²) in [5.41, 5.74) is 1.93. The summed E-state index contributed by atoms with van der Waals surface area (Å²) in [4.78, 5) is 32.0. The molecular formula is C29H28N2O5. The lowest BCUT2D eigenvalue weighted by molar-refractivity contribution is -0.140. The number of ether oxygens (including phenoxy) is 2. The summed E-state index contributed by atoms with van der Waals surface area (Å²) in [7, 11) is 0. The molecule has 1 N–H and O–H groups in total. The van der Waals surface area contributed by atoms with Crippen molar-refractivity contribution in [2.75, 3.05) is 13.2 Å². The van der Waals surface area contributed by atoms with Gasteiger partial charge in [-0.25, -0.2) is 0 Å². The molecule has 0 radical (unpaired) electrons. The molecule has 0 aliphatic carbocycles. The van der Waals surface area contributed by atoms with Gasteiger partial charge in [0.15, 0.2) is 0 Å². The fourth-order valence-corrected chi connectivity index (χ4v) is 4.08. The first-order valence-corrected chi connectivity index (χ1v) is 11.8. The molecule has 1 aliphatic heterocycles. The summed E-state index contributed by atoms with van der Waals surface area (Å²) in [5, 5.41) is 11.3. The highest BCUT2D eigenvalue weighted by molar-refractivity contribution is 6.46. The lowest BCUT2D eigenvalue weighted by Crippen LogP contribution is -2.29. The number of aliphatic hydroxyl groups excluding tert-OH is 1. The molecule has 4 rings (SSSR count). The van der Waals surface area contributed by atoms with Crippen molar-refractivity contribution >= 4 is 17.4 Å². The molecule has 1 amide bonds. The number of benzene rings is 2. The van der Waals surface area contributed by atoms with Gasteiger partial charge in [0.25, 0.3) is 11.7 Å². The molecule has 7 nitrogen and oxygen atoms in total. The zero-order chi connectivity index (χ0) is 25.5. The van der Waals surface area contributed by atoms with Crippen LogP contribution in [0, 0.1) is 0 Å². The van der Waals surface area contributed by atoms with Crippen molar-refractivity contribution in [1.82, 2.24) is 9.88 Å². The van der Waals surface area contributed by atoms with E-state index in [1.54, 1.807) is 79.1 Å². The standard InChI is InChI=1S/C29H28N2O5/c1-3-16-35-23-10-8-21(9-11-23)26-25(27(32)22-6-5-7-24(18-22)36-17-4-2)28(33)29(34)31(26)19-20-12-14-30-15-13-20/h3,5-15,18,26,32H,1,4,16-17,19H2,2H3/b27-25+. The second-order valence-electron chi connectivity index (χ2n) is 8.33. The first-order valence-electron chi connectivity index (χ1n) is 11.8. The smallest absolute Gasteiger partial charge is 0.295 e. The van der Waals surface area contributed by atoms with Crippen LogP contribution >= 0.6 is 0 Å². The van der Waals surface area contributed by atoms with Crippen molar-refractivity contribution in [3.63, 3.8) is 0 Å². The Morgan fingerprint density at radius 1 is 1.06 bits per heavy atom. The molecule has 1 unspecified atom stereocenters. The van der Waals surface area contributed by atoms with Gasteiger partial charge in [0, 0.05) is 24.5 Å². The zero-order valence-corrected chi connectivity index (χ0v) is 20.1. The maximum absolute atomic E-state index is 13.3. The molecule has 1 atom stereocenters. The highest BCUT2D eigenvalue weighted by atomic mass is 16.5. The van der Waals surface area contributed by atoms with E-state index in [0.29, 0.717) is 35.8 Å². The molecule has 36 heavy (non-hydrogen) atoms. The van der Waals surface area contributed by atoms with Crippen LogP contribution in [0.4, 0.5) is 0 Å². The second-order valence-corrected chi connectivity index (χ2v) is 8.33. The van der Waals surface area contributed by atoms with Gasteiger partial charge >= 0.3 is 0 Å². The van der Waals surface area contributed by atoms with Crippen LogP contribution in [-0.4, -0.2) is 39.9 Å². The predicted molar refractivity (Wildman–Crippen MR) is 136 cm³/mol. The molecule has 1 fully saturated rings. The average molecular weight is 485 g/mol. The number of aliphatic hydroxyl groups is 1. The minimum absolute atomic E-state index is 0.0291. The topological polar surface area (TPSA) is 89.0 Å². The number of rotatable bonds is 10. The highest BCUT2D eigenvalue weighted by Crippen LogP contribution is 2.41. The quantitative estimate of drug-likeness (QED) is 0.187. The van der Waals surface area contributed by atoms with Crippen LogP contribution in [0.25, 0.3) is 5.76 Å². The largest absolute Gasteiger partial charge is 0.507 e. The van der Waals surface area contributed by atoms with E-state index < -0.39 is 17.7 Å². The van der Waals surface area contributed by atoms with Crippen molar-refractivity contribution in [1.29, 1.82) is 0 Å². The first kappa shape index (κ1) is 24.7. The Labute approximate surface area is 210 Å². The van der Waals surface area contributed by atoms with Gasteiger partial charge in [0.1, 0.15) is 23.9 Å². The Bertz CT molecular complexity index is 1270. The van der Waals surface area contributed by atoms with Crippen molar-refractivity contribution < 1.29 is 24.2 Å². The number of ketones is 1. The number of pyridine rings is 1. The van der Waals surface area contributed by atoms with Crippen LogP contribution in [0.2, 0.25) is 0 Å². The first-order chi connectivity index (χ1) is 17.5. The Hall–Kier alpha value is -4.39. The monoisotopic (exact) mass is 484 g/mol. The number of nitrogens with zero attached hydrogens (tertiary/aromatic N) is 2. The van der Waals surface area contributed by atoms with Crippen LogP contribution in [0.3, 0.4) is 0 Å². The molecule has 184 valence electrons. The predicted octanol–water partition coefficient (Wildman–Crippen LogP) is 5.06. The molecule has 1 saturated heterocycles. The van der Waals surface area contributed by atoms with Gasteiger partial charge in [0.05, 0.1) is 18.2 Å². The van der Waals surface area contributed by atoms with Crippen molar-refractivity contribution in [2.45, 2.75) is 25.9 Å². The van der Waals surface area contributed by atoms with Crippen molar-refractivity contribution in [2.24, 2.45) is 0 Å². The lowest BCUT2D eigenvalue weighted by Gasteiger charge is -2.25. The van der Waals surface area contributed by atoms with Crippen LogP contribution < -0.4 is 9.47 Å². The van der Waals surface area contributed by atoms with Gasteiger partial charge in [-0.3, -0.25) is 14.6 Å². The summed E-state index contributed by atoms with van der Waals surface area (Å²) in [6.45, 7) is 6.72. The maximum Gasteiger partial charge on any atom is 0.295 e. The fraction of sp³-hybridized carbons (Fsp3) is 0.207. The molecule has 0 bridgehead atoms. The van der Waals surface area contributed by atoms with Crippen molar-refractivity contribution in [3.05, 3.63) is 108 Å². The zero-order valence-electron chi connectivity index (χ0n) is 20.1. The molecule has 7 heteroatoms. The van der Waals surface area contributed by atoms with E-state index in [1.807, 2.05) is 6.92 Å². The lowest BCUT2D eigenvalue weighted by atomic mass is 9.95. The summed E-state index contributed by atoms with van der Waals surface area (Å²) < 4.78 is 11.3. The molecule has 0 spiro atoms. The summed E-state index contributed by atoms with van der Waals surface area (Å²) in [6, 6.07) is 16.8. The summed E-state index contributed by atoms with van der Waals surface area (Å²) in [5.74, 6) is -0.454. The maximum atomic E-state index is 13.3.